The van der Waals surface area contributed by atoms with E-state index in [4.69, 9.17) is 0 Å². The molecule has 0 aliphatic carbocycles. The normalized spacial score (nSPS) is 17.9. The zero-order valence-electron chi connectivity index (χ0n) is 9.76. The van der Waals surface area contributed by atoms with Crippen molar-refractivity contribution in [2.75, 3.05) is 6.54 Å². The predicted octanol–water partition coefficient (Wildman–Crippen LogP) is 0.519. The SMILES string of the molecule is C=CCn1cc(CNC2=NCC(C)N2)nn1.I. The zero-order chi connectivity index (χ0) is 11.4. The number of aromatic nitrogens is 3. The molecule has 7 heteroatoms. The highest BCUT2D eigenvalue weighted by Crippen LogP contribution is 1.95. The van der Waals surface area contributed by atoms with Gasteiger partial charge in [0.25, 0.3) is 0 Å². The van der Waals surface area contributed by atoms with Gasteiger partial charge in [0.1, 0.15) is 5.69 Å². The number of guanidine groups is 1. The van der Waals surface area contributed by atoms with E-state index in [1.807, 2.05) is 6.20 Å². The number of nitrogens with one attached hydrogen (secondary N) is 2. The fourth-order valence-corrected chi connectivity index (χ4v) is 1.48. The van der Waals surface area contributed by atoms with Crippen molar-refractivity contribution in [2.45, 2.75) is 26.1 Å². The van der Waals surface area contributed by atoms with Gasteiger partial charge in [0, 0.05) is 6.04 Å². The maximum absolute atomic E-state index is 4.30. The Morgan fingerprint density at radius 2 is 2.53 bits per heavy atom. The second-order valence-electron chi connectivity index (χ2n) is 3.81. The van der Waals surface area contributed by atoms with Crippen LogP contribution in [0.5, 0.6) is 0 Å². The van der Waals surface area contributed by atoms with Gasteiger partial charge in [0.2, 0.25) is 0 Å². The molecule has 94 valence electrons. The summed E-state index contributed by atoms with van der Waals surface area (Å²) < 4.78 is 1.75. The van der Waals surface area contributed by atoms with Crippen LogP contribution in [-0.2, 0) is 13.1 Å². The number of halogens is 1. The Bertz CT molecular complexity index is 399. The molecule has 0 radical (unpaired) electrons. The largest absolute Gasteiger partial charge is 0.352 e. The Balaban J connectivity index is 0.00000144. The van der Waals surface area contributed by atoms with E-state index in [9.17, 15) is 0 Å². The molecule has 1 aromatic rings. The summed E-state index contributed by atoms with van der Waals surface area (Å²) in [4.78, 5) is 4.30. The summed E-state index contributed by atoms with van der Waals surface area (Å²) in [7, 11) is 0. The van der Waals surface area contributed by atoms with Crippen LogP contribution >= 0.6 is 24.0 Å². The molecule has 6 nitrogen and oxygen atoms in total. The second-order valence-corrected chi connectivity index (χ2v) is 3.81. The van der Waals surface area contributed by atoms with E-state index >= 15 is 0 Å². The minimum absolute atomic E-state index is 0. The summed E-state index contributed by atoms with van der Waals surface area (Å²) in [5.41, 5.74) is 0.894. The molecule has 0 saturated heterocycles. The highest BCUT2D eigenvalue weighted by molar-refractivity contribution is 14.0. The highest BCUT2D eigenvalue weighted by Gasteiger charge is 2.11. The molecular formula is C10H17IN6. The molecule has 0 aromatic carbocycles. The molecule has 1 unspecified atom stereocenters. The molecule has 2 N–H and O–H groups in total. The number of allylic oxidation sites excluding steroid dienone is 1. The van der Waals surface area contributed by atoms with Crippen LogP contribution in [0.2, 0.25) is 0 Å². The summed E-state index contributed by atoms with van der Waals surface area (Å²) in [5, 5.41) is 14.4. The number of nitrogens with zero attached hydrogens (tertiary/aromatic N) is 4. The lowest BCUT2D eigenvalue weighted by Crippen LogP contribution is -2.37. The van der Waals surface area contributed by atoms with Crippen molar-refractivity contribution in [2.24, 2.45) is 4.99 Å². The highest BCUT2D eigenvalue weighted by atomic mass is 127. The van der Waals surface area contributed by atoms with Gasteiger partial charge in [-0.2, -0.15) is 0 Å². The van der Waals surface area contributed by atoms with E-state index in [1.165, 1.54) is 0 Å². The second kappa shape index (κ2) is 6.58. The molecule has 1 atom stereocenters. The van der Waals surface area contributed by atoms with Crippen molar-refractivity contribution in [3.63, 3.8) is 0 Å². The van der Waals surface area contributed by atoms with E-state index in [1.54, 1.807) is 10.8 Å². The quantitative estimate of drug-likeness (QED) is 0.615. The Morgan fingerprint density at radius 3 is 3.18 bits per heavy atom. The molecule has 1 aliphatic heterocycles. The Morgan fingerprint density at radius 1 is 1.71 bits per heavy atom. The van der Waals surface area contributed by atoms with E-state index < -0.39 is 0 Å². The van der Waals surface area contributed by atoms with Gasteiger partial charge in [-0.25, -0.2) is 4.68 Å². The summed E-state index contributed by atoms with van der Waals surface area (Å²) in [5.74, 6) is 0.839. The summed E-state index contributed by atoms with van der Waals surface area (Å²) in [6, 6.07) is 0.416. The topological polar surface area (TPSA) is 67.1 Å². The first-order chi connectivity index (χ1) is 7.78. The average Bonchev–Trinajstić information content (AvgIpc) is 2.85. The molecule has 0 bridgehead atoms. The van der Waals surface area contributed by atoms with Crippen molar-refractivity contribution in [1.82, 2.24) is 25.6 Å². The Kier molecular flexibility index (Phi) is 5.39. The third-order valence-electron chi connectivity index (χ3n) is 2.25. The Labute approximate surface area is 118 Å². The van der Waals surface area contributed by atoms with Gasteiger partial charge in [-0.15, -0.1) is 35.7 Å². The molecule has 1 aliphatic rings. The lowest BCUT2D eigenvalue weighted by Gasteiger charge is -2.06. The predicted molar refractivity (Wildman–Crippen MR) is 77.4 cm³/mol. The van der Waals surface area contributed by atoms with Crippen LogP contribution < -0.4 is 10.6 Å². The number of hydrogen-bond donors (Lipinski definition) is 2. The maximum Gasteiger partial charge on any atom is 0.191 e. The smallest absolute Gasteiger partial charge is 0.191 e. The minimum Gasteiger partial charge on any atom is -0.352 e. The zero-order valence-corrected chi connectivity index (χ0v) is 12.1. The van der Waals surface area contributed by atoms with Crippen LogP contribution in [0.15, 0.2) is 23.8 Å². The van der Waals surface area contributed by atoms with Crippen molar-refractivity contribution in [3.05, 3.63) is 24.5 Å². The molecule has 0 spiro atoms. The summed E-state index contributed by atoms with van der Waals surface area (Å²) >= 11 is 0. The van der Waals surface area contributed by atoms with E-state index in [0.717, 1.165) is 18.2 Å². The van der Waals surface area contributed by atoms with Crippen molar-refractivity contribution < 1.29 is 0 Å². The molecule has 2 heterocycles. The monoisotopic (exact) mass is 348 g/mol. The molecular weight excluding hydrogens is 331 g/mol. The number of rotatable bonds is 4. The Hall–Kier alpha value is -1.12. The average molecular weight is 348 g/mol. The van der Waals surface area contributed by atoms with Crippen LogP contribution in [0.3, 0.4) is 0 Å². The molecule has 0 amide bonds. The number of hydrogen-bond acceptors (Lipinski definition) is 5. The van der Waals surface area contributed by atoms with E-state index in [2.05, 4.69) is 39.4 Å². The standard InChI is InChI=1S/C10H16N6.HI/c1-3-4-16-7-9(14-15-16)6-12-10-11-5-8(2)13-10;/h3,7-8H,1,4-6H2,2H3,(H2,11,12,13);1H. The lowest BCUT2D eigenvalue weighted by molar-refractivity contribution is 0.661. The van der Waals surface area contributed by atoms with Crippen molar-refractivity contribution >= 4 is 29.9 Å². The van der Waals surface area contributed by atoms with Gasteiger partial charge in [0.05, 0.1) is 25.8 Å². The minimum atomic E-state index is 0. The first-order valence-electron chi connectivity index (χ1n) is 5.32. The lowest BCUT2D eigenvalue weighted by atomic mass is 10.4. The molecule has 0 fully saturated rings. The molecule has 2 rings (SSSR count). The first-order valence-corrected chi connectivity index (χ1v) is 5.32. The molecule has 1 aromatic heterocycles. The van der Waals surface area contributed by atoms with Gasteiger partial charge in [-0.3, -0.25) is 4.99 Å². The van der Waals surface area contributed by atoms with Gasteiger partial charge >= 0.3 is 0 Å². The van der Waals surface area contributed by atoms with Gasteiger partial charge in [-0.05, 0) is 6.92 Å². The number of aliphatic imine (C=N–C) groups is 1. The van der Waals surface area contributed by atoms with Crippen molar-refractivity contribution in [3.8, 4) is 0 Å². The van der Waals surface area contributed by atoms with Crippen LogP contribution in [0.1, 0.15) is 12.6 Å². The van der Waals surface area contributed by atoms with Gasteiger partial charge in [-0.1, -0.05) is 11.3 Å². The van der Waals surface area contributed by atoms with Gasteiger partial charge < -0.3 is 10.6 Å². The fraction of sp³-hybridized carbons (Fsp3) is 0.500. The summed E-state index contributed by atoms with van der Waals surface area (Å²) in [6.07, 6.45) is 3.68. The molecule has 0 saturated carbocycles. The first kappa shape index (κ1) is 13.9. The third kappa shape index (κ3) is 3.99. The maximum atomic E-state index is 4.30. The fourth-order valence-electron chi connectivity index (χ4n) is 1.48. The molecule has 17 heavy (non-hydrogen) atoms. The van der Waals surface area contributed by atoms with Crippen LogP contribution in [-0.4, -0.2) is 33.5 Å². The van der Waals surface area contributed by atoms with Crippen LogP contribution in [0.25, 0.3) is 0 Å². The van der Waals surface area contributed by atoms with Crippen LogP contribution in [0.4, 0.5) is 0 Å². The summed E-state index contributed by atoms with van der Waals surface area (Å²) in [6.45, 7) is 7.89. The van der Waals surface area contributed by atoms with Crippen LogP contribution in [0, 0.1) is 0 Å². The third-order valence-corrected chi connectivity index (χ3v) is 2.25. The van der Waals surface area contributed by atoms with E-state index in [0.29, 0.717) is 19.1 Å². The van der Waals surface area contributed by atoms with E-state index in [-0.39, 0.29) is 24.0 Å². The van der Waals surface area contributed by atoms with Crippen molar-refractivity contribution in [1.29, 1.82) is 0 Å². The van der Waals surface area contributed by atoms with Gasteiger partial charge in [0.15, 0.2) is 5.96 Å².